The molecular formula is C10H10BrNO2. The van der Waals surface area contributed by atoms with E-state index in [0.717, 1.165) is 34.4 Å². The first-order chi connectivity index (χ1) is 6.69. The van der Waals surface area contributed by atoms with Crippen LogP contribution in [0.15, 0.2) is 16.6 Å². The second kappa shape index (κ2) is 2.64. The van der Waals surface area contributed by atoms with Crippen LogP contribution in [-0.4, -0.2) is 6.79 Å². The maximum Gasteiger partial charge on any atom is 0.231 e. The Morgan fingerprint density at radius 3 is 2.79 bits per heavy atom. The van der Waals surface area contributed by atoms with Gasteiger partial charge in [0.1, 0.15) is 0 Å². The number of fused-ring (bicyclic) bond motifs is 1. The molecule has 3 nitrogen and oxygen atoms in total. The van der Waals surface area contributed by atoms with Gasteiger partial charge in [0, 0.05) is 15.6 Å². The van der Waals surface area contributed by atoms with Crippen LogP contribution in [0.2, 0.25) is 0 Å². The standard InChI is InChI=1S/C10H10BrNO2/c11-6-3-7(10(12)1-2-10)9-8(4-6)13-5-14-9/h3-4H,1-2,5,12H2. The largest absolute Gasteiger partial charge is 0.454 e. The Kier molecular flexibility index (Phi) is 1.61. The van der Waals surface area contributed by atoms with E-state index in [4.69, 9.17) is 15.2 Å². The number of hydrogen-bond acceptors (Lipinski definition) is 3. The topological polar surface area (TPSA) is 44.5 Å². The van der Waals surface area contributed by atoms with Crippen LogP contribution in [-0.2, 0) is 5.54 Å². The van der Waals surface area contributed by atoms with Gasteiger partial charge < -0.3 is 15.2 Å². The molecule has 4 heteroatoms. The lowest BCUT2D eigenvalue weighted by molar-refractivity contribution is 0.173. The summed E-state index contributed by atoms with van der Waals surface area (Å²) in [6.45, 7) is 0.300. The van der Waals surface area contributed by atoms with Gasteiger partial charge in [-0.25, -0.2) is 0 Å². The zero-order chi connectivity index (χ0) is 9.76. The van der Waals surface area contributed by atoms with Crippen molar-refractivity contribution in [3.05, 3.63) is 22.2 Å². The van der Waals surface area contributed by atoms with E-state index in [1.165, 1.54) is 0 Å². The van der Waals surface area contributed by atoms with E-state index in [2.05, 4.69) is 15.9 Å². The normalized spacial score (nSPS) is 21.0. The van der Waals surface area contributed by atoms with E-state index in [9.17, 15) is 0 Å². The zero-order valence-corrected chi connectivity index (χ0v) is 9.13. The molecule has 0 aromatic heterocycles. The third kappa shape index (κ3) is 1.14. The molecule has 1 fully saturated rings. The molecule has 1 aromatic carbocycles. The second-order valence-corrected chi connectivity index (χ2v) is 4.76. The van der Waals surface area contributed by atoms with Gasteiger partial charge in [-0.1, -0.05) is 15.9 Å². The fourth-order valence-electron chi connectivity index (χ4n) is 1.75. The Balaban J connectivity index is 2.19. The van der Waals surface area contributed by atoms with E-state index >= 15 is 0 Å². The van der Waals surface area contributed by atoms with Crippen LogP contribution in [0.5, 0.6) is 11.5 Å². The summed E-state index contributed by atoms with van der Waals surface area (Å²) >= 11 is 3.44. The van der Waals surface area contributed by atoms with Crippen LogP contribution in [0.4, 0.5) is 0 Å². The first-order valence-corrected chi connectivity index (χ1v) is 5.37. The Morgan fingerprint density at radius 2 is 2.07 bits per heavy atom. The van der Waals surface area contributed by atoms with E-state index < -0.39 is 0 Å². The lowest BCUT2D eigenvalue weighted by Crippen LogP contribution is -2.19. The SMILES string of the molecule is NC1(c2cc(Br)cc3c2OCO3)CC1. The van der Waals surface area contributed by atoms with Crippen molar-refractivity contribution in [2.75, 3.05) is 6.79 Å². The number of rotatable bonds is 1. The van der Waals surface area contributed by atoms with Gasteiger partial charge in [-0.05, 0) is 25.0 Å². The number of benzene rings is 1. The molecule has 1 aliphatic carbocycles. The lowest BCUT2D eigenvalue weighted by Gasteiger charge is -2.12. The van der Waals surface area contributed by atoms with Crippen molar-refractivity contribution in [2.45, 2.75) is 18.4 Å². The zero-order valence-electron chi connectivity index (χ0n) is 7.55. The quantitative estimate of drug-likeness (QED) is 0.837. The minimum absolute atomic E-state index is 0.179. The third-order valence-corrected chi connectivity index (χ3v) is 3.22. The molecule has 1 heterocycles. The molecule has 74 valence electrons. The Morgan fingerprint density at radius 1 is 1.29 bits per heavy atom. The highest BCUT2D eigenvalue weighted by Gasteiger charge is 2.44. The third-order valence-electron chi connectivity index (χ3n) is 2.76. The van der Waals surface area contributed by atoms with Crippen molar-refractivity contribution < 1.29 is 9.47 Å². The average Bonchev–Trinajstić information content (AvgIpc) is 2.74. The van der Waals surface area contributed by atoms with Gasteiger partial charge in [0.2, 0.25) is 6.79 Å². The average molecular weight is 256 g/mol. The molecule has 1 aromatic rings. The van der Waals surface area contributed by atoms with Crippen molar-refractivity contribution in [3.63, 3.8) is 0 Å². The molecule has 1 aliphatic heterocycles. The minimum Gasteiger partial charge on any atom is -0.454 e. The number of nitrogens with two attached hydrogens (primary N) is 1. The van der Waals surface area contributed by atoms with Gasteiger partial charge in [-0.15, -0.1) is 0 Å². The summed E-state index contributed by atoms with van der Waals surface area (Å²) in [5.41, 5.74) is 7.04. The summed E-state index contributed by atoms with van der Waals surface area (Å²) in [6, 6.07) is 3.94. The van der Waals surface area contributed by atoms with Crippen molar-refractivity contribution in [2.24, 2.45) is 5.73 Å². The molecular weight excluding hydrogens is 246 g/mol. The van der Waals surface area contributed by atoms with Gasteiger partial charge in [0.15, 0.2) is 11.5 Å². The fourth-order valence-corrected chi connectivity index (χ4v) is 2.19. The number of halogens is 1. The maximum absolute atomic E-state index is 6.15. The Labute approximate surface area is 90.3 Å². The highest BCUT2D eigenvalue weighted by molar-refractivity contribution is 9.10. The number of ether oxygens (including phenoxy) is 2. The van der Waals surface area contributed by atoms with Gasteiger partial charge >= 0.3 is 0 Å². The van der Waals surface area contributed by atoms with Crippen LogP contribution in [0.25, 0.3) is 0 Å². The summed E-state index contributed by atoms with van der Waals surface area (Å²) in [4.78, 5) is 0. The molecule has 0 saturated heterocycles. The smallest absolute Gasteiger partial charge is 0.231 e. The van der Waals surface area contributed by atoms with E-state index in [1.807, 2.05) is 12.1 Å². The molecule has 1 saturated carbocycles. The highest BCUT2D eigenvalue weighted by Crippen LogP contribution is 2.51. The minimum atomic E-state index is -0.179. The highest BCUT2D eigenvalue weighted by atomic mass is 79.9. The molecule has 0 unspecified atom stereocenters. The van der Waals surface area contributed by atoms with Gasteiger partial charge in [0.05, 0.1) is 0 Å². The molecule has 14 heavy (non-hydrogen) atoms. The summed E-state index contributed by atoms with van der Waals surface area (Å²) in [5.74, 6) is 1.62. The Hall–Kier alpha value is -0.740. The monoisotopic (exact) mass is 255 g/mol. The van der Waals surface area contributed by atoms with Crippen molar-refractivity contribution >= 4 is 15.9 Å². The van der Waals surface area contributed by atoms with Crippen LogP contribution in [0.1, 0.15) is 18.4 Å². The van der Waals surface area contributed by atoms with Gasteiger partial charge in [-0.2, -0.15) is 0 Å². The van der Waals surface area contributed by atoms with Crippen molar-refractivity contribution in [3.8, 4) is 11.5 Å². The predicted octanol–water partition coefficient (Wildman–Crippen LogP) is 2.13. The molecule has 2 N–H and O–H groups in total. The predicted molar refractivity (Wildman–Crippen MR) is 55.4 cm³/mol. The lowest BCUT2D eigenvalue weighted by atomic mass is 10.0. The molecule has 0 bridgehead atoms. The van der Waals surface area contributed by atoms with Gasteiger partial charge in [-0.3, -0.25) is 0 Å². The van der Waals surface area contributed by atoms with Gasteiger partial charge in [0.25, 0.3) is 0 Å². The number of hydrogen-bond donors (Lipinski definition) is 1. The Bertz CT molecular complexity index is 401. The summed E-state index contributed by atoms with van der Waals surface area (Å²) in [5, 5.41) is 0. The fraction of sp³-hybridized carbons (Fsp3) is 0.400. The van der Waals surface area contributed by atoms with E-state index in [-0.39, 0.29) is 5.54 Å². The first kappa shape index (κ1) is 8.56. The van der Waals surface area contributed by atoms with Crippen LogP contribution in [0.3, 0.4) is 0 Å². The molecule has 0 atom stereocenters. The van der Waals surface area contributed by atoms with Crippen molar-refractivity contribution in [1.82, 2.24) is 0 Å². The molecule has 3 rings (SSSR count). The summed E-state index contributed by atoms with van der Waals surface area (Å²) in [6.07, 6.45) is 2.05. The molecule has 0 amide bonds. The van der Waals surface area contributed by atoms with Crippen LogP contribution in [0, 0.1) is 0 Å². The van der Waals surface area contributed by atoms with E-state index in [0.29, 0.717) is 6.79 Å². The summed E-state index contributed by atoms with van der Waals surface area (Å²) in [7, 11) is 0. The summed E-state index contributed by atoms with van der Waals surface area (Å²) < 4.78 is 11.8. The maximum atomic E-state index is 6.15. The van der Waals surface area contributed by atoms with Crippen LogP contribution >= 0.6 is 15.9 Å². The molecule has 0 spiro atoms. The van der Waals surface area contributed by atoms with Crippen molar-refractivity contribution in [1.29, 1.82) is 0 Å². The second-order valence-electron chi connectivity index (χ2n) is 3.84. The van der Waals surface area contributed by atoms with E-state index in [1.54, 1.807) is 0 Å². The molecule has 0 radical (unpaired) electrons. The first-order valence-electron chi connectivity index (χ1n) is 4.58. The molecule has 2 aliphatic rings. The van der Waals surface area contributed by atoms with Crippen LogP contribution < -0.4 is 15.2 Å².